The highest BCUT2D eigenvalue weighted by atomic mass is 32.2. The Morgan fingerprint density at radius 2 is 2.04 bits per heavy atom. The Morgan fingerprint density at radius 1 is 1.39 bits per heavy atom. The zero-order valence-corrected chi connectivity index (χ0v) is 13.7. The summed E-state index contributed by atoms with van der Waals surface area (Å²) in [6, 6.07) is 0. The second-order valence-corrected chi connectivity index (χ2v) is 7.63. The van der Waals surface area contributed by atoms with Crippen LogP contribution in [0, 0.1) is 0 Å². The second-order valence-electron chi connectivity index (χ2n) is 5.21. The second kappa shape index (κ2) is 5.99. The Bertz CT molecular complexity index is 748. The first-order valence-electron chi connectivity index (χ1n) is 6.37. The third-order valence-corrected chi connectivity index (χ3v) is 4.73. The molecule has 0 aliphatic heterocycles. The van der Waals surface area contributed by atoms with Gasteiger partial charge >= 0.3 is 6.18 Å². The molecule has 1 heterocycles. The summed E-state index contributed by atoms with van der Waals surface area (Å²) < 4.78 is 84.2. The average molecular weight is 371 g/mol. The van der Waals surface area contributed by atoms with Gasteiger partial charge in [0.2, 0.25) is 0 Å². The molecule has 0 radical (unpaired) electrons. The van der Waals surface area contributed by atoms with Crippen LogP contribution in [0.3, 0.4) is 0 Å². The highest BCUT2D eigenvalue weighted by Gasteiger charge is 2.42. The first-order valence-corrected chi connectivity index (χ1v) is 8.96. The molecule has 10 heteroatoms. The van der Waals surface area contributed by atoms with Crippen LogP contribution in [0.25, 0.3) is 0 Å². The van der Waals surface area contributed by atoms with Crippen molar-refractivity contribution in [1.82, 2.24) is 4.37 Å². The highest BCUT2D eigenvalue weighted by Crippen LogP contribution is 2.43. The molecule has 2 unspecified atom stereocenters. The Morgan fingerprint density at radius 3 is 2.57 bits per heavy atom. The van der Waals surface area contributed by atoms with E-state index in [9.17, 15) is 26.0 Å². The summed E-state index contributed by atoms with van der Waals surface area (Å²) in [4.78, 5) is -1.09. The number of hydrogen-bond donors (Lipinski definition) is 0. The van der Waals surface area contributed by atoms with Crippen LogP contribution in [0.1, 0.15) is 29.0 Å². The maximum absolute atomic E-state index is 14.6. The molecule has 0 spiro atoms. The molecule has 0 saturated heterocycles. The van der Waals surface area contributed by atoms with Crippen LogP contribution in [0.4, 0.5) is 17.6 Å². The molecule has 0 fully saturated rings. The molecule has 23 heavy (non-hydrogen) atoms. The number of rotatable bonds is 4. The summed E-state index contributed by atoms with van der Waals surface area (Å²) in [5, 5.41) is 0. The third-order valence-electron chi connectivity index (χ3n) is 3.23. The largest absolute Gasteiger partial charge is 0.427 e. The van der Waals surface area contributed by atoms with Crippen LogP contribution in [0.5, 0.6) is 0 Å². The Kier molecular flexibility index (Phi) is 4.71. The predicted octanol–water partition coefficient (Wildman–Crippen LogP) is 3.58. The minimum atomic E-state index is -4.73. The van der Waals surface area contributed by atoms with Crippen molar-refractivity contribution in [2.75, 3.05) is 6.26 Å². The van der Waals surface area contributed by atoms with Crippen molar-refractivity contribution >= 4 is 21.7 Å². The topological polar surface area (TPSA) is 56.3 Å². The number of allylic oxidation sites excluding steroid dienone is 4. The number of alkyl halides is 4. The summed E-state index contributed by atoms with van der Waals surface area (Å²) in [5.41, 5.74) is -2.57. The van der Waals surface area contributed by atoms with E-state index in [4.69, 9.17) is 0 Å². The maximum atomic E-state index is 14.6. The van der Waals surface area contributed by atoms with E-state index in [1.165, 1.54) is 31.2 Å². The van der Waals surface area contributed by atoms with Gasteiger partial charge in [0.25, 0.3) is 10.1 Å². The molecule has 0 saturated carbocycles. The van der Waals surface area contributed by atoms with Gasteiger partial charge in [-0.25, -0.2) is 4.39 Å². The van der Waals surface area contributed by atoms with Gasteiger partial charge in [-0.05, 0) is 24.5 Å². The first kappa shape index (κ1) is 18.1. The van der Waals surface area contributed by atoms with Gasteiger partial charge in [-0.15, -0.1) is 0 Å². The van der Waals surface area contributed by atoms with Gasteiger partial charge in [-0.2, -0.15) is 26.0 Å². The average Bonchev–Trinajstić information content (AvgIpc) is 2.78. The van der Waals surface area contributed by atoms with Crippen molar-refractivity contribution in [3.8, 4) is 0 Å². The molecule has 2 atom stereocenters. The summed E-state index contributed by atoms with van der Waals surface area (Å²) >= 11 is 0.154. The SMILES string of the molecule is CC1(F)C=CC=CC1c1nsc(C(F)(F)F)c1COS(C)(=O)=O. The number of hydrogen-bond acceptors (Lipinski definition) is 5. The van der Waals surface area contributed by atoms with E-state index in [0.717, 1.165) is 6.26 Å². The van der Waals surface area contributed by atoms with Crippen molar-refractivity contribution in [2.24, 2.45) is 0 Å². The number of aromatic nitrogens is 1. The fourth-order valence-corrected chi connectivity index (χ4v) is 3.29. The fraction of sp³-hybridized carbons (Fsp3) is 0.462. The van der Waals surface area contributed by atoms with E-state index in [1.807, 2.05) is 0 Å². The van der Waals surface area contributed by atoms with Gasteiger partial charge in [0, 0.05) is 5.56 Å². The van der Waals surface area contributed by atoms with E-state index < -0.39 is 44.9 Å². The molecule has 4 nitrogen and oxygen atoms in total. The van der Waals surface area contributed by atoms with Crippen molar-refractivity contribution < 1.29 is 30.2 Å². The zero-order valence-electron chi connectivity index (χ0n) is 12.1. The molecule has 0 N–H and O–H groups in total. The van der Waals surface area contributed by atoms with Gasteiger partial charge in [0.15, 0.2) is 0 Å². The summed E-state index contributed by atoms with van der Waals surface area (Å²) in [6.07, 6.45) is 1.54. The van der Waals surface area contributed by atoms with Crippen LogP contribution in [-0.4, -0.2) is 24.7 Å². The van der Waals surface area contributed by atoms with Crippen LogP contribution in [-0.2, 0) is 27.1 Å². The quantitative estimate of drug-likeness (QED) is 0.600. The van der Waals surface area contributed by atoms with E-state index in [2.05, 4.69) is 8.56 Å². The maximum Gasteiger partial charge on any atom is 0.427 e. The predicted molar refractivity (Wildman–Crippen MR) is 77.3 cm³/mol. The summed E-state index contributed by atoms with van der Waals surface area (Å²) in [7, 11) is -3.95. The fourth-order valence-electron chi connectivity index (χ4n) is 2.16. The molecule has 128 valence electrons. The molecular weight excluding hydrogens is 358 g/mol. The summed E-state index contributed by atoms with van der Waals surface area (Å²) in [5.74, 6) is -1.06. The molecule has 1 aromatic rings. The van der Waals surface area contributed by atoms with Gasteiger partial charge in [0.1, 0.15) is 10.5 Å². The lowest BCUT2D eigenvalue weighted by Crippen LogP contribution is -2.27. The molecule has 1 aromatic heterocycles. The van der Waals surface area contributed by atoms with Gasteiger partial charge in [-0.1, -0.05) is 18.2 Å². The molecule has 1 aliphatic carbocycles. The third kappa shape index (κ3) is 4.18. The van der Waals surface area contributed by atoms with E-state index in [1.54, 1.807) is 0 Å². The van der Waals surface area contributed by atoms with Crippen molar-refractivity contribution in [3.05, 3.63) is 40.4 Å². The van der Waals surface area contributed by atoms with E-state index in [-0.39, 0.29) is 17.2 Å². The number of halogens is 4. The standard InChI is InChI=1S/C13H13F4NO3S2/c1-12(14)6-4-3-5-9(12)10-8(7-21-23(2,19)20)11(22-18-10)13(15,16)17/h3-6,9H,7H2,1-2H3. The van der Waals surface area contributed by atoms with E-state index in [0.29, 0.717) is 0 Å². The van der Waals surface area contributed by atoms with Crippen LogP contribution in [0.15, 0.2) is 24.3 Å². The lowest BCUT2D eigenvalue weighted by molar-refractivity contribution is -0.135. The first-order chi connectivity index (χ1) is 10.4. The lowest BCUT2D eigenvalue weighted by atomic mass is 9.83. The summed E-state index contributed by atoms with van der Waals surface area (Å²) in [6.45, 7) is 0.370. The smallest absolute Gasteiger partial charge is 0.265 e. The molecule has 1 aliphatic rings. The number of nitrogens with zero attached hydrogens (tertiary/aromatic N) is 1. The van der Waals surface area contributed by atoms with Crippen molar-refractivity contribution in [1.29, 1.82) is 0 Å². The van der Waals surface area contributed by atoms with Gasteiger partial charge in [0.05, 0.1) is 24.5 Å². The Labute approximate surface area is 134 Å². The van der Waals surface area contributed by atoms with Crippen molar-refractivity contribution in [3.63, 3.8) is 0 Å². The molecule has 0 bridgehead atoms. The lowest BCUT2D eigenvalue weighted by Gasteiger charge is -2.27. The monoisotopic (exact) mass is 371 g/mol. The highest BCUT2D eigenvalue weighted by molar-refractivity contribution is 7.85. The Hall–Kier alpha value is -1.26. The normalized spacial score (nSPS) is 25.0. The molecule has 2 rings (SSSR count). The van der Waals surface area contributed by atoms with Gasteiger partial charge < -0.3 is 0 Å². The van der Waals surface area contributed by atoms with Crippen LogP contribution in [0.2, 0.25) is 0 Å². The molecule has 0 aromatic carbocycles. The van der Waals surface area contributed by atoms with E-state index >= 15 is 0 Å². The van der Waals surface area contributed by atoms with Crippen LogP contribution < -0.4 is 0 Å². The molecular formula is C13H13F4NO3S2. The van der Waals surface area contributed by atoms with Crippen molar-refractivity contribution in [2.45, 2.75) is 31.3 Å². The zero-order chi connectivity index (χ0) is 17.5. The Balaban J connectivity index is 2.50. The minimum absolute atomic E-state index is 0.154. The minimum Gasteiger partial charge on any atom is -0.265 e. The van der Waals surface area contributed by atoms with Gasteiger partial charge in [-0.3, -0.25) is 4.18 Å². The molecule has 0 amide bonds. The van der Waals surface area contributed by atoms with Crippen LogP contribution >= 0.6 is 11.5 Å².